The standard InChI is InChI=1S/C30H24OP.C2H5O/c1-5-15-25(16-6-1)31-29-23-13-14-24-30(29)32(26-17-7-2-8-18-26,27-19-9-3-10-20-27)28-21-11-4-12-22-28;1-2-3/h1-24H;2H2,1H3/q+1;-1. The van der Waals surface area contributed by atoms with Gasteiger partial charge in [-0.15, -0.1) is 6.61 Å². The van der Waals surface area contributed by atoms with Crippen LogP contribution in [0.2, 0.25) is 0 Å². The Bertz CT molecular complexity index is 1190. The van der Waals surface area contributed by atoms with Crippen LogP contribution >= 0.6 is 7.26 Å². The lowest BCUT2D eigenvalue weighted by molar-refractivity contribution is -0.361. The quantitative estimate of drug-likeness (QED) is 0.305. The van der Waals surface area contributed by atoms with Crippen LogP contribution in [0.5, 0.6) is 11.5 Å². The smallest absolute Gasteiger partial charge is 0.170 e. The van der Waals surface area contributed by atoms with Gasteiger partial charge in [0.25, 0.3) is 0 Å². The third kappa shape index (κ3) is 5.35. The molecule has 0 unspecified atom stereocenters. The largest absolute Gasteiger partial charge is 0.855 e. The maximum absolute atomic E-state index is 8.93. The molecule has 0 radical (unpaired) electrons. The van der Waals surface area contributed by atoms with Crippen molar-refractivity contribution in [1.82, 2.24) is 0 Å². The minimum Gasteiger partial charge on any atom is -0.855 e. The van der Waals surface area contributed by atoms with Gasteiger partial charge in [-0.1, -0.05) is 91.9 Å². The second-order valence-corrected chi connectivity index (χ2v) is 11.2. The van der Waals surface area contributed by atoms with Gasteiger partial charge < -0.3 is 9.84 Å². The van der Waals surface area contributed by atoms with Gasteiger partial charge in [0.2, 0.25) is 0 Å². The Morgan fingerprint density at radius 1 is 0.514 bits per heavy atom. The minimum absolute atomic E-state index is 0. The van der Waals surface area contributed by atoms with Crippen LogP contribution in [0.4, 0.5) is 0 Å². The molecule has 5 rings (SSSR count). The number of hydrogen-bond acceptors (Lipinski definition) is 2. The highest BCUT2D eigenvalue weighted by molar-refractivity contribution is 8.01. The molecule has 35 heavy (non-hydrogen) atoms. The molecule has 0 amide bonds. The molecule has 0 saturated carbocycles. The molecule has 0 N–H and O–H groups in total. The predicted molar refractivity (Wildman–Crippen MR) is 148 cm³/mol. The van der Waals surface area contributed by atoms with E-state index < -0.39 is 7.26 Å². The molecule has 0 aromatic heterocycles. The van der Waals surface area contributed by atoms with Gasteiger partial charge in [0.15, 0.2) is 11.1 Å². The number of ether oxygens (including phenoxy) is 1. The van der Waals surface area contributed by atoms with Gasteiger partial charge in [0.05, 0.1) is 0 Å². The highest BCUT2D eigenvalue weighted by Gasteiger charge is 2.49. The lowest BCUT2D eigenvalue weighted by Gasteiger charge is -2.28. The summed E-state index contributed by atoms with van der Waals surface area (Å²) in [5.41, 5.74) is 0. The molecule has 0 atom stereocenters. The Morgan fingerprint density at radius 2 is 0.857 bits per heavy atom. The van der Waals surface area contributed by atoms with E-state index >= 15 is 0 Å². The number of rotatable bonds is 6. The van der Waals surface area contributed by atoms with Crippen LogP contribution in [0.3, 0.4) is 0 Å². The van der Waals surface area contributed by atoms with Crippen molar-refractivity contribution in [3.8, 4) is 11.5 Å². The maximum Gasteiger partial charge on any atom is 0.170 e. The van der Waals surface area contributed by atoms with Gasteiger partial charge in [-0.05, 0) is 60.7 Å². The number of para-hydroxylation sites is 2. The van der Waals surface area contributed by atoms with Crippen LogP contribution in [0, 0.1) is 0 Å². The predicted octanol–water partition coefficient (Wildman–Crippen LogP) is 5.46. The average molecular weight is 477 g/mol. The second kappa shape index (κ2) is 12.1. The number of hydrogen-bond donors (Lipinski definition) is 0. The van der Waals surface area contributed by atoms with E-state index in [9.17, 15) is 0 Å². The van der Waals surface area contributed by atoms with Crippen molar-refractivity contribution in [2.45, 2.75) is 6.92 Å². The summed E-state index contributed by atoms with van der Waals surface area (Å²) in [4.78, 5) is 0. The van der Waals surface area contributed by atoms with Crippen molar-refractivity contribution < 1.29 is 9.84 Å². The normalized spacial score (nSPS) is 10.7. The van der Waals surface area contributed by atoms with Gasteiger partial charge in [-0.2, -0.15) is 0 Å². The summed E-state index contributed by atoms with van der Waals surface area (Å²) in [6.07, 6.45) is 0. The Labute approximate surface area is 208 Å². The summed E-state index contributed by atoms with van der Waals surface area (Å²) in [5, 5.41) is 14.1. The third-order valence-electron chi connectivity index (χ3n) is 5.63. The topological polar surface area (TPSA) is 32.3 Å². The highest BCUT2D eigenvalue weighted by Crippen LogP contribution is 2.56. The minimum atomic E-state index is -2.21. The van der Waals surface area contributed by atoms with Crippen LogP contribution in [-0.2, 0) is 0 Å². The summed E-state index contributed by atoms with van der Waals surface area (Å²) in [5.74, 6) is 1.73. The zero-order chi connectivity index (χ0) is 24.3. The molecule has 0 aliphatic rings. The Morgan fingerprint density at radius 3 is 1.29 bits per heavy atom. The van der Waals surface area contributed by atoms with Gasteiger partial charge in [0.1, 0.15) is 28.9 Å². The Balaban J connectivity index is 0.000000917. The monoisotopic (exact) mass is 476 g/mol. The average Bonchev–Trinajstić information content (AvgIpc) is 2.93. The molecular formula is C32H29O2P. The van der Waals surface area contributed by atoms with Crippen LogP contribution in [0.25, 0.3) is 0 Å². The van der Waals surface area contributed by atoms with E-state index in [-0.39, 0.29) is 6.61 Å². The van der Waals surface area contributed by atoms with Crippen molar-refractivity contribution in [1.29, 1.82) is 0 Å². The molecule has 5 aromatic rings. The van der Waals surface area contributed by atoms with Gasteiger partial charge in [-0.25, -0.2) is 0 Å². The first kappa shape index (κ1) is 24.4. The SMILES string of the molecule is CC[O-].c1ccc(Oc2ccccc2[P+](c2ccccc2)(c2ccccc2)c2ccccc2)cc1. The molecule has 0 saturated heterocycles. The molecule has 0 aliphatic heterocycles. The summed E-state index contributed by atoms with van der Waals surface area (Å²) < 4.78 is 6.51. The summed E-state index contributed by atoms with van der Waals surface area (Å²) in [6, 6.07) is 51.1. The first-order chi connectivity index (χ1) is 17.3. The van der Waals surface area contributed by atoms with E-state index in [0.29, 0.717) is 0 Å². The Kier molecular flexibility index (Phi) is 8.46. The molecule has 5 aromatic carbocycles. The van der Waals surface area contributed by atoms with Crippen LogP contribution in [-0.4, -0.2) is 6.61 Å². The molecule has 0 aliphatic carbocycles. The third-order valence-corrected chi connectivity index (χ3v) is 9.94. The molecule has 2 nitrogen and oxygen atoms in total. The lowest BCUT2D eigenvalue weighted by Crippen LogP contribution is -2.39. The fourth-order valence-electron chi connectivity index (χ4n) is 4.26. The van der Waals surface area contributed by atoms with E-state index in [2.05, 4.69) is 115 Å². The van der Waals surface area contributed by atoms with Gasteiger partial charge in [-0.3, -0.25) is 0 Å². The Hall–Kier alpha value is -3.71. The molecule has 0 spiro atoms. The number of benzene rings is 5. The van der Waals surface area contributed by atoms with E-state index in [1.54, 1.807) is 6.92 Å². The van der Waals surface area contributed by atoms with Crippen molar-refractivity contribution in [2.75, 3.05) is 6.61 Å². The second-order valence-electron chi connectivity index (χ2n) is 7.85. The maximum atomic E-state index is 8.93. The van der Waals surface area contributed by atoms with Crippen LogP contribution < -0.4 is 31.1 Å². The molecule has 0 heterocycles. The van der Waals surface area contributed by atoms with Crippen molar-refractivity contribution in [2.24, 2.45) is 0 Å². The summed E-state index contributed by atoms with van der Waals surface area (Å²) >= 11 is 0. The molecule has 0 fully saturated rings. The molecular weight excluding hydrogens is 447 g/mol. The van der Waals surface area contributed by atoms with Gasteiger partial charge >= 0.3 is 0 Å². The molecule has 174 valence electrons. The highest BCUT2D eigenvalue weighted by atomic mass is 31.2. The fraction of sp³-hybridized carbons (Fsp3) is 0.0625. The molecule has 3 heteroatoms. The summed E-state index contributed by atoms with van der Waals surface area (Å²) in [6.45, 7) is 1.57. The molecule has 0 bridgehead atoms. The van der Waals surface area contributed by atoms with E-state index in [0.717, 1.165) is 11.5 Å². The first-order valence-corrected chi connectivity index (χ1v) is 13.6. The zero-order valence-electron chi connectivity index (χ0n) is 19.8. The van der Waals surface area contributed by atoms with Gasteiger partial charge in [0, 0.05) is 0 Å². The van der Waals surface area contributed by atoms with Crippen molar-refractivity contribution >= 4 is 28.5 Å². The van der Waals surface area contributed by atoms with E-state index in [1.807, 2.05) is 30.3 Å². The van der Waals surface area contributed by atoms with Crippen molar-refractivity contribution in [3.05, 3.63) is 146 Å². The van der Waals surface area contributed by atoms with Crippen LogP contribution in [0.15, 0.2) is 146 Å². The fourth-order valence-corrected chi connectivity index (χ4v) is 8.60. The summed E-state index contributed by atoms with van der Waals surface area (Å²) in [7, 11) is -2.21. The van der Waals surface area contributed by atoms with Crippen LogP contribution in [0.1, 0.15) is 6.92 Å². The van der Waals surface area contributed by atoms with Crippen molar-refractivity contribution in [3.63, 3.8) is 0 Å². The van der Waals surface area contributed by atoms with E-state index in [1.165, 1.54) is 21.2 Å². The zero-order valence-corrected chi connectivity index (χ0v) is 20.7. The lowest BCUT2D eigenvalue weighted by atomic mass is 10.3. The van der Waals surface area contributed by atoms with E-state index in [4.69, 9.17) is 9.84 Å². The first-order valence-electron chi connectivity index (χ1n) is 11.8.